The van der Waals surface area contributed by atoms with Crippen LogP contribution in [0.15, 0.2) is 18.5 Å². The second-order valence-corrected chi connectivity index (χ2v) is 3.40. The molecule has 4 N–H and O–H groups in total. The smallest absolute Gasteiger partial charge is 0.272 e. The first kappa shape index (κ1) is 10.2. The molecule has 0 radical (unpaired) electrons. The van der Waals surface area contributed by atoms with E-state index in [1.165, 1.54) is 11.0 Å². The number of nitrogens with one attached hydrogen (secondary N) is 2. The average Bonchev–Trinajstić information content (AvgIpc) is 2.88. The van der Waals surface area contributed by atoms with E-state index in [4.69, 9.17) is 5.73 Å². The largest absolute Gasteiger partial charge is 0.382 e. The standard InChI is InChI=1S/C9H12N6O/c1-15(5-8-11-2-3-12-8)9(16)6-4-7(10)14-13-6/h2-4H,5H2,1H3,(H,11,12)(H3,10,13,14). The maximum Gasteiger partial charge on any atom is 0.272 e. The number of hydrogen-bond donors (Lipinski definition) is 3. The van der Waals surface area contributed by atoms with E-state index in [0.717, 1.165) is 5.82 Å². The molecule has 0 atom stereocenters. The predicted molar refractivity (Wildman–Crippen MR) is 57.4 cm³/mol. The maximum atomic E-state index is 11.8. The fourth-order valence-corrected chi connectivity index (χ4v) is 1.33. The second-order valence-electron chi connectivity index (χ2n) is 3.40. The molecule has 0 saturated carbocycles. The van der Waals surface area contributed by atoms with Crippen molar-refractivity contribution in [2.75, 3.05) is 12.8 Å². The van der Waals surface area contributed by atoms with E-state index in [0.29, 0.717) is 18.1 Å². The van der Waals surface area contributed by atoms with Crippen molar-refractivity contribution >= 4 is 11.7 Å². The fourth-order valence-electron chi connectivity index (χ4n) is 1.33. The van der Waals surface area contributed by atoms with Gasteiger partial charge in [-0.2, -0.15) is 5.10 Å². The van der Waals surface area contributed by atoms with Gasteiger partial charge in [-0.1, -0.05) is 0 Å². The van der Waals surface area contributed by atoms with Crippen LogP contribution in [-0.4, -0.2) is 38.0 Å². The summed E-state index contributed by atoms with van der Waals surface area (Å²) >= 11 is 0. The summed E-state index contributed by atoms with van der Waals surface area (Å²) in [5.41, 5.74) is 5.79. The van der Waals surface area contributed by atoms with Gasteiger partial charge in [0.15, 0.2) is 0 Å². The van der Waals surface area contributed by atoms with Gasteiger partial charge in [0.25, 0.3) is 5.91 Å². The van der Waals surface area contributed by atoms with Crippen LogP contribution in [0.2, 0.25) is 0 Å². The summed E-state index contributed by atoms with van der Waals surface area (Å²) in [6.07, 6.45) is 3.35. The minimum absolute atomic E-state index is 0.180. The Balaban J connectivity index is 2.05. The van der Waals surface area contributed by atoms with Crippen molar-refractivity contribution in [3.63, 3.8) is 0 Å². The molecular weight excluding hydrogens is 208 g/mol. The Morgan fingerprint density at radius 2 is 2.44 bits per heavy atom. The summed E-state index contributed by atoms with van der Waals surface area (Å²) in [5.74, 6) is 0.846. The maximum absolute atomic E-state index is 11.8. The number of H-pyrrole nitrogens is 2. The molecule has 0 aliphatic heterocycles. The van der Waals surface area contributed by atoms with Gasteiger partial charge in [0.05, 0.1) is 6.54 Å². The van der Waals surface area contributed by atoms with Crippen LogP contribution in [0.4, 0.5) is 5.82 Å². The number of anilines is 1. The van der Waals surface area contributed by atoms with E-state index in [-0.39, 0.29) is 5.91 Å². The second kappa shape index (κ2) is 4.05. The molecule has 0 unspecified atom stereocenters. The Labute approximate surface area is 91.7 Å². The number of imidazole rings is 1. The Morgan fingerprint density at radius 3 is 3.00 bits per heavy atom. The molecule has 2 aromatic rings. The summed E-state index contributed by atoms with van der Waals surface area (Å²) in [5, 5.41) is 6.27. The average molecular weight is 220 g/mol. The van der Waals surface area contributed by atoms with Crippen LogP contribution >= 0.6 is 0 Å². The van der Waals surface area contributed by atoms with Gasteiger partial charge in [-0.05, 0) is 0 Å². The van der Waals surface area contributed by atoms with Gasteiger partial charge >= 0.3 is 0 Å². The van der Waals surface area contributed by atoms with Crippen LogP contribution in [0.25, 0.3) is 0 Å². The Kier molecular flexibility index (Phi) is 2.59. The molecular formula is C9H12N6O. The lowest BCUT2D eigenvalue weighted by Gasteiger charge is -2.14. The molecule has 0 fully saturated rings. The van der Waals surface area contributed by atoms with E-state index in [9.17, 15) is 4.79 Å². The van der Waals surface area contributed by atoms with Crippen molar-refractivity contribution < 1.29 is 4.79 Å². The Hall–Kier alpha value is -2.31. The van der Waals surface area contributed by atoms with Crippen molar-refractivity contribution in [1.82, 2.24) is 25.1 Å². The molecule has 16 heavy (non-hydrogen) atoms. The van der Waals surface area contributed by atoms with Gasteiger partial charge in [0, 0.05) is 25.5 Å². The van der Waals surface area contributed by atoms with Crippen LogP contribution in [0, 0.1) is 0 Å². The van der Waals surface area contributed by atoms with Crippen LogP contribution in [-0.2, 0) is 6.54 Å². The third kappa shape index (κ3) is 2.02. The number of nitrogen functional groups attached to an aromatic ring is 1. The highest BCUT2D eigenvalue weighted by Gasteiger charge is 2.14. The number of hydrogen-bond acceptors (Lipinski definition) is 4. The van der Waals surface area contributed by atoms with Crippen LogP contribution < -0.4 is 5.73 Å². The molecule has 2 aromatic heterocycles. The van der Waals surface area contributed by atoms with Crippen LogP contribution in [0.1, 0.15) is 16.3 Å². The third-order valence-electron chi connectivity index (χ3n) is 2.12. The molecule has 2 heterocycles. The van der Waals surface area contributed by atoms with Crippen molar-refractivity contribution in [2.24, 2.45) is 0 Å². The zero-order valence-corrected chi connectivity index (χ0v) is 8.77. The minimum Gasteiger partial charge on any atom is -0.382 e. The van der Waals surface area contributed by atoms with Crippen molar-refractivity contribution in [1.29, 1.82) is 0 Å². The number of aromatic amines is 2. The lowest BCUT2D eigenvalue weighted by Crippen LogP contribution is -2.27. The van der Waals surface area contributed by atoms with Gasteiger partial charge < -0.3 is 15.6 Å². The number of rotatable bonds is 3. The zero-order valence-electron chi connectivity index (χ0n) is 8.77. The third-order valence-corrected chi connectivity index (χ3v) is 2.12. The highest BCUT2D eigenvalue weighted by Crippen LogP contribution is 2.05. The van der Waals surface area contributed by atoms with Gasteiger partial charge in [-0.3, -0.25) is 9.89 Å². The molecule has 2 rings (SSSR count). The lowest BCUT2D eigenvalue weighted by molar-refractivity contribution is 0.0776. The summed E-state index contributed by atoms with van der Waals surface area (Å²) < 4.78 is 0. The first-order valence-corrected chi connectivity index (χ1v) is 4.71. The van der Waals surface area contributed by atoms with E-state index < -0.39 is 0 Å². The summed E-state index contributed by atoms with van der Waals surface area (Å²) in [6, 6.07) is 1.50. The molecule has 0 saturated heterocycles. The Morgan fingerprint density at radius 1 is 1.62 bits per heavy atom. The lowest BCUT2D eigenvalue weighted by atomic mass is 10.3. The molecule has 1 amide bonds. The molecule has 7 nitrogen and oxygen atoms in total. The van der Waals surface area contributed by atoms with Crippen molar-refractivity contribution in [3.05, 3.63) is 30.0 Å². The first-order valence-electron chi connectivity index (χ1n) is 4.71. The number of nitrogens with zero attached hydrogens (tertiary/aromatic N) is 3. The molecule has 0 bridgehead atoms. The highest BCUT2D eigenvalue weighted by molar-refractivity contribution is 5.92. The van der Waals surface area contributed by atoms with Gasteiger partial charge in [0.1, 0.15) is 17.3 Å². The van der Waals surface area contributed by atoms with E-state index in [2.05, 4.69) is 20.2 Å². The number of nitrogens with two attached hydrogens (primary N) is 1. The predicted octanol–water partition coefficient (Wildman–Crippen LogP) is -0.0128. The zero-order chi connectivity index (χ0) is 11.5. The SMILES string of the molecule is CN(Cc1ncc[nH]1)C(=O)c1cc(N)n[nH]1. The van der Waals surface area contributed by atoms with Gasteiger partial charge in [-0.15, -0.1) is 0 Å². The molecule has 7 heteroatoms. The van der Waals surface area contributed by atoms with Crippen LogP contribution in [0.5, 0.6) is 0 Å². The van der Waals surface area contributed by atoms with E-state index in [1.54, 1.807) is 19.4 Å². The summed E-state index contributed by atoms with van der Waals surface area (Å²) in [6.45, 7) is 0.407. The highest BCUT2D eigenvalue weighted by atomic mass is 16.2. The van der Waals surface area contributed by atoms with Crippen molar-refractivity contribution in [2.45, 2.75) is 6.54 Å². The molecule has 0 spiro atoms. The quantitative estimate of drug-likeness (QED) is 0.676. The van der Waals surface area contributed by atoms with Crippen molar-refractivity contribution in [3.8, 4) is 0 Å². The minimum atomic E-state index is -0.180. The monoisotopic (exact) mass is 220 g/mol. The number of carbonyl (C=O) groups excluding carboxylic acids is 1. The molecule has 0 aliphatic carbocycles. The molecule has 0 aromatic carbocycles. The topological polar surface area (TPSA) is 104 Å². The number of aromatic nitrogens is 4. The van der Waals surface area contributed by atoms with Gasteiger partial charge in [-0.25, -0.2) is 4.98 Å². The molecule has 84 valence electrons. The Bertz CT molecular complexity index is 474. The van der Waals surface area contributed by atoms with Crippen LogP contribution in [0.3, 0.4) is 0 Å². The summed E-state index contributed by atoms with van der Waals surface area (Å²) in [7, 11) is 1.68. The molecule has 0 aliphatic rings. The number of carbonyl (C=O) groups is 1. The van der Waals surface area contributed by atoms with E-state index in [1.807, 2.05) is 0 Å². The van der Waals surface area contributed by atoms with Gasteiger partial charge in [0.2, 0.25) is 0 Å². The number of amides is 1. The van der Waals surface area contributed by atoms with E-state index >= 15 is 0 Å². The first-order chi connectivity index (χ1) is 7.66. The fraction of sp³-hybridized carbons (Fsp3) is 0.222. The summed E-state index contributed by atoms with van der Waals surface area (Å²) in [4.78, 5) is 20.3. The normalized spacial score (nSPS) is 10.3.